The molecule has 25 heavy (non-hydrogen) atoms. The van der Waals surface area contributed by atoms with Crippen molar-refractivity contribution >= 4 is 24.5 Å². The molecule has 3 aliphatic rings. The minimum Gasteiger partial charge on any atom is -0.493 e. The second kappa shape index (κ2) is 8.86. The molecule has 0 amide bonds. The van der Waals surface area contributed by atoms with E-state index in [9.17, 15) is 0 Å². The highest BCUT2D eigenvalue weighted by Gasteiger charge is 2.44. The summed E-state index contributed by atoms with van der Waals surface area (Å²) < 4.78 is 18.3. The molecule has 2 fully saturated rings. The van der Waals surface area contributed by atoms with E-state index in [-0.39, 0.29) is 12.2 Å². The van der Waals surface area contributed by atoms with Crippen molar-refractivity contribution in [3.05, 3.63) is 23.3 Å². The Bertz CT molecular complexity index is 588. The van der Waals surface area contributed by atoms with Crippen molar-refractivity contribution in [3.63, 3.8) is 0 Å². The lowest BCUT2D eigenvalue weighted by Gasteiger charge is -2.44. The monoisotopic (exact) mass is 384 g/mol. The molecule has 0 radical (unpaired) electrons. The van der Waals surface area contributed by atoms with Crippen LogP contribution < -0.4 is 19.2 Å². The minimum absolute atomic E-state index is 0.250. The van der Waals surface area contributed by atoms with E-state index < -0.39 is 0 Å². The number of fused-ring (bicyclic) bond motifs is 5. The summed E-state index contributed by atoms with van der Waals surface area (Å²) in [5, 5.41) is 9.78. The normalized spacial score (nSPS) is 29.6. The molecule has 1 aromatic rings. The summed E-state index contributed by atoms with van der Waals surface area (Å²) in [4.78, 5) is 0. The molecule has 2 saturated carbocycles. The van der Waals surface area contributed by atoms with Crippen LogP contribution in [0.4, 0.5) is 0 Å². The lowest BCUT2D eigenvalue weighted by atomic mass is 9.61. The van der Waals surface area contributed by atoms with Gasteiger partial charge in [-0.2, -0.15) is 0 Å². The molecule has 5 N–H and O–H groups in total. The Labute approximate surface area is 158 Å². The second-order valence-corrected chi connectivity index (χ2v) is 7.80. The van der Waals surface area contributed by atoms with Crippen LogP contribution in [0.5, 0.6) is 11.5 Å². The predicted octanol–water partition coefficient (Wildman–Crippen LogP) is 4.52. The number of rotatable bonds is 3. The maximum absolute atomic E-state index is 7.26. The highest BCUT2D eigenvalue weighted by Crippen LogP contribution is 2.56. The largest absolute Gasteiger partial charge is 0.493 e. The molecule has 4 rings (SSSR count). The lowest BCUT2D eigenvalue weighted by Crippen LogP contribution is -2.34. The molecule has 5 nitrogen and oxygen atoms in total. The number of hydrogen-bond acceptors (Lipinski definition) is 7. The fourth-order valence-corrected chi connectivity index (χ4v) is 5.71. The molecule has 4 unspecified atom stereocenters. The SMILES string of the molecule is COc1cc2c(cc1OSN)CCC1C2CCC2CCCC21.NSO. The number of hydrogen-bond donors (Lipinski definition) is 3. The van der Waals surface area contributed by atoms with Crippen molar-refractivity contribution < 1.29 is 13.5 Å². The molecule has 0 heterocycles. The quantitative estimate of drug-likeness (QED) is 0.521. The van der Waals surface area contributed by atoms with E-state index in [1.807, 2.05) is 0 Å². The maximum Gasteiger partial charge on any atom is 0.181 e. The van der Waals surface area contributed by atoms with Gasteiger partial charge in [-0.3, -0.25) is 5.14 Å². The highest BCUT2D eigenvalue weighted by atomic mass is 32.2. The number of ether oxygens (including phenoxy) is 1. The molecule has 140 valence electrons. The summed E-state index contributed by atoms with van der Waals surface area (Å²) in [5.74, 6) is 5.22. The van der Waals surface area contributed by atoms with Crippen LogP contribution in [0.15, 0.2) is 12.1 Å². The number of benzene rings is 1. The third-order valence-electron chi connectivity index (χ3n) is 6.34. The van der Waals surface area contributed by atoms with Gasteiger partial charge in [0.2, 0.25) is 0 Å². The summed E-state index contributed by atoms with van der Waals surface area (Å²) in [7, 11) is 1.71. The molecule has 3 aliphatic carbocycles. The van der Waals surface area contributed by atoms with Gasteiger partial charge in [0, 0.05) is 0 Å². The molecule has 7 heteroatoms. The maximum atomic E-state index is 7.26. The molecule has 0 bridgehead atoms. The van der Waals surface area contributed by atoms with Gasteiger partial charge in [-0.1, -0.05) is 12.8 Å². The van der Waals surface area contributed by atoms with E-state index in [4.69, 9.17) is 18.6 Å². The number of methoxy groups -OCH3 is 1. The third-order valence-corrected chi connectivity index (χ3v) is 6.62. The Hall–Kier alpha value is -0.600. The second-order valence-electron chi connectivity index (χ2n) is 7.23. The van der Waals surface area contributed by atoms with Gasteiger partial charge >= 0.3 is 0 Å². The zero-order valence-electron chi connectivity index (χ0n) is 14.6. The molecule has 0 spiro atoms. The Morgan fingerprint density at radius 3 is 2.56 bits per heavy atom. The number of nitrogens with two attached hydrogens (primary N) is 2. The first-order chi connectivity index (χ1) is 12.2. The van der Waals surface area contributed by atoms with E-state index in [2.05, 4.69) is 17.3 Å². The van der Waals surface area contributed by atoms with Crippen LogP contribution in [0.2, 0.25) is 0 Å². The van der Waals surface area contributed by atoms with Gasteiger partial charge in [0.25, 0.3) is 0 Å². The Morgan fingerprint density at radius 2 is 1.84 bits per heavy atom. The molecule has 0 saturated heterocycles. The Kier molecular flexibility index (Phi) is 6.79. The van der Waals surface area contributed by atoms with E-state index in [1.54, 1.807) is 7.11 Å². The van der Waals surface area contributed by atoms with Gasteiger partial charge in [-0.15, -0.1) is 0 Å². The van der Waals surface area contributed by atoms with E-state index in [1.165, 1.54) is 56.1 Å². The summed E-state index contributed by atoms with van der Waals surface area (Å²) in [6, 6.07) is 4.39. The van der Waals surface area contributed by atoms with E-state index >= 15 is 0 Å². The summed E-state index contributed by atoms with van der Waals surface area (Å²) in [6.07, 6.45) is 9.69. The summed E-state index contributed by atoms with van der Waals surface area (Å²) in [5.41, 5.74) is 2.97. The molecule has 1 aromatic carbocycles. The van der Waals surface area contributed by atoms with Crippen molar-refractivity contribution in [1.82, 2.24) is 0 Å². The predicted molar refractivity (Wildman–Crippen MR) is 104 cm³/mol. The fourth-order valence-electron chi connectivity index (χ4n) is 5.47. The summed E-state index contributed by atoms with van der Waals surface area (Å²) >= 11 is 1.14. The topological polar surface area (TPSA) is 90.7 Å². The highest BCUT2D eigenvalue weighted by molar-refractivity contribution is 7.92. The van der Waals surface area contributed by atoms with E-state index in [0.29, 0.717) is 0 Å². The van der Waals surface area contributed by atoms with Crippen LogP contribution in [0.25, 0.3) is 0 Å². The molecular weight excluding hydrogens is 356 g/mol. The van der Waals surface area contributed by atoms with Crippen molar-refractivity contribution in [2.24, 2.45) is 28.0 Å². The van der Waals surface area contributed by atoms with Crippen LogP contribution in [-0.4, -0.2) is 11.7 Å². The van der Waals surface area contributed by atoms with Crippen molar-refractivity contribution in [2.75, 3.05) is 7.11 Å². The zero-order valence-corrected chi connectivity index (χ0v) is 16.3. The first-order valence-electron chi connectivity index (χ1n) is 8.98. The van der Waals surface area contributed by atoms with Crippen LogP contribution in [0, 0.1) is 17.8 Å². The average Bonchev–Trinajstić information content (AvgIpc) is 3.10. The van der Waals surface area contributed by atoms with E-state index in [0.717, 1.165) is 47.4 Å². The van der Waals surface area contributed by atoms with Crippen molar-refractivity contribution in [1.29, 1.82) is 0 Å². The van der Waals surface area contributed by atoms with Crippen LogP contribution in [-0.2, 0) is 6.42 Å². The van der Waals surface area contributed by atoms with Gasteiger partial charge in [0.05, 0.1) is 19.3 Å². The average molecular weight is 385 g/mol. The standard InChI is InChI=1S/C18H25NO2S.H3NOS/c1-20-17-10-16-12(9-18(17)21-22-19)6-8-14-13-4-2-3-11(13)5-7-15(14)16;1-3-2/h9-11,13-15H,2-8,19H2,1H3;2H,1H2. The fraction of sp³-hybridized carbons (Fsp3) is 0.667. The van der Waals surface area contributed by atoms with Gasteiger partial charge in [0.1, 0.15) is 12.2 Å². The zero-order chi connectivity index (χ0) is 17.8. The van der Waals surface area contributed by atoms with Crippen LogP contribution >= 0.6 is 24.5 Å². The molecule has 0 aliphatic heterocycles. The smallest absolute Gasteiger partial charge is 0.181 e. The van der Waals surface area contributed by atoms with Crippen molar-refractivity contribution in [3.8, 4) is 11.5 Å². The Morgan fingerprint density at radius 1 is 1.04 bits per heavy atom. The van der Waals surface area contributed by atoms with Gasteiger partial charge in [0.15, 0.2) is 11.5 Å². The van der Waals surface area contributed by atoms with Gasteiger partial charge in [-0.25, -0.2) is 5.14 Å². The third kappa shape index (κ3) is 3.90. The summed E-state index contributed by atoms with van der Waals surface area (Å²) in [6.45, 7) is 0. The van der Waals surface area contributed by atoms with Crippen LogP contribution in [0.1, 0.15) is 55.6 Å². The molecule has 4 atom stereocenters. The first kappa shape index (κ1) is 19.2. The number of aryl methyl sites for hydroxylation is 1. The molecular formula is C18H28N2O3S2. The Balaban J connectivity index is 0.000000569. The molecule has 0 aromatic heterocycles. The first-order valence-corrected chi connectivity index (χ1v) is 10.6. The lowest BCUT2D eigenvalue weighted by molar-refractivity contribution is 0.136. The minimum atomic E-state index is 0.250. The van der Waals surface area contributed by atoms with Crippen molar-refractivity contribution in [2.45, 2.75) is 50.9 Å². The van der Waals surface area contributed by atoms with Gasteiger partial charge < -0.3 is 13.5 Å². The van der Waals surface area contributed by atoms with Crippen LogP contribution in [0.3, 0.4) is 0 Å². The van der Waals surface area contributed by atoms with Gasteiger partial charge in [-0.05, 0) is 79.0 Å².